The van der Waals surface area contributed by atoms with Crippen molar-refractivity contribution < 1.29 is 9.90 Å². The maximum Gasteiger partial charge on any atom is 0.335 e. The van der Waals surface area contributed by atoms with Gasteiger partial charge in [-0.2, -0.15) is 0 Å². The zero-order valence-corrected chi connectivity index (χ0v) is 11.3. The predicted molar refractivity (Wildman–Crippen MR) is 68.2 cm³/mol. The second-order valence-corrected chi connectivity index (χ2v) is 10.1. The van der Waals surface area contributed by atoms with Crippen molar-refractivity contribution in [2.75, 3.05) is 7.05 Å². The minimum absolute atomic E-state index is 0.362. The predicted octanol–water partition coefficient (Wildman–Crippen LogP) is 2.65. The van der Waals surface area contributed by atoms with E-state index in [1.165, 1.54) is 0 Å². The highest BCUT2D eigenvalue weighted by molar-refractivity contribution is 6.73. The quantitative estimate of drug-likeness (QED) is 0.818. The van der Waals surface area contributed by atoms with Crippen LogP contribution in [0.2, 0.25) is 19.6 Å². The topological polar surface area (TPSA) is 40.5 Å². The Kier molecular flexibility index (Phi) is 3.88. The molecule has 4 heteroatoms. The van der Waals surface area contributed by atoms with E-state index in [9.17, 15) is 4.79 Å². The van der Waals surface area contributed by atoms with Gasteiger partial charge in [0.15, 0.2) is 0 Å². The third kappa shape index (κ3) is 3.47. The summed E-state index contributed by atoms with van der Waals surface area (Å²) in [5.41, 5.74) is 1.42. The summed E-state index contributed by atoms with van der Waals surface area (Å²) in [6.07, 6.45) is 0. The number of aromatic carboxylic acids is 1. The first kappa shape index (κ1) is 12.9. The lowest BCUT2D eigenvalue weighted by molar-refractivity contribution is 0.0696. The molecule has 0 saturated carbocycles. The first-order valence-electron chi connectivity index (χ1n) is 5.34. The minimum atomic E-state index is -1.30. The van der Waals surface area contributed by atoms with Crippen molar-refractivity contribution in [3.63, 3.8) is 0 Å². The van der Waals surface area contributed by atoms with Crippen molar-refractivity contribution >= 4 is 14.2 Å². The van der Waals surface area contributed by atoms with E-state index in [4.69, 9.17) is 5.11 Å². The van der Waals surface area contributed by atoms with E-state index in [0.29, 0.717) is 5.56 Å². The van der Waals surface area contributed by atoms with Gasteiger partial charge in [0.2, 0.25) is 0 Å². The van der Waals surface area contributed by atoms with Gasteiger partial charge in [0.05, 0.1) is 5.56 Å². The van der Waals surface area contributed by atoms with Gasteiger partial charge in [-0.05, 0) is 24.7 Å². The zero-order valence-electron chi connectivity index (χ0n) is 10.3. The van der Waals surface area contributed by atoms with Crippen molar-refractivity contribution in [1.82, 2.24) is 4.57 Å². The molecule has 0 fully saturated rings. The summed E-state index contributed by atoms with van der Waals surface area (Å²) in [4.78, 5) is 10.8. The fourth-order valence-corrected chi connectivity index (χ4v) is 1.97. The SMILES string of the molecule is CN(Cc1cccc(C(=O)O)c1)[Si](C)(C)C. The molecule has 0 aliphatic carbocycles. The van der Waals surface area contributed by atoms with Crippen LogP contribution in [0.4, 0.5) is 0 Å². The number of benzene rings is 1. The largest absolute Gasteiger partial charge is 0.478 e. The molecule has 0 heterocycles. The Morgan fingerprint density at radius 2 is 2.00 bits per heavy atom. The molecule has 0 atom stereocenters. The Labute approximate surface area is 97.8 Å². The number of nitrogens with zero attached hydrogens (tertiary/aromatic N) is 1. The van der Waals surface area contributed by atoms with E-state index in [2.05, 4.69) is 31.3 Å². The molecule has 0 unspecified atom stereocenters. The lowest BCUT2D eigenvalue weighted by Crippen LogP contribution is -2.42. The third-order valence-corrected chi connectivity index (χ3v) is 5.19. The smallest absolute Gasteiger partial charge is 0.335 e. The summed E-state index contributed by atoms with van der Waals surface area (Å²) in [6.45, 7) is 7.63. The van der Waals surface area contributed by atoms with E-state index in [0.717, 1.165) is 12.1 Å². The second kappa shape index (κ2) is 4.80. The Hall–Kier alpha value is -1.13. The molecule has 0 aliphatic rings. The van der Waals surface area contributed by atoms with Crippen molar-refractivity contribution in [1.29, 1.82) is 0 Å². The molecule has 0 bridgehead atoms. The van der Waals surface area contributed by atoms with Gasteiger partial charge in [-0.3, -0.25) is 0 Å². The van der Waals surface area contributed by atoms with Gasteiger partial charge in [0, 0.05) is 6.54 Å². The lowest BCUT2D eigenvalue weighted by Gasteiger charge is -2.30. The number of carboxylic acids is 1. The highest BCUT2D eigenvalue weighted by atomic mass is 28.3. The monoisotopic (exact) mass is 237 g/mol. The molecule has 3 nitrogen and oxygen atoms in total. The van der Waals surface area contributed by atoms with Gasteiger partial charge >= 0.3 is 5.97 Å². The summed E-state index contributed by atoms with van der Waals surface area (Å²) in [6, 6.07) is 7.15. The van der Waals surface area contributed by atoms with Gasteiger partial charge in [-0.1, -0.05) is 31.8 Å². The lowest BCUT2D eigenvalue weighted by atomic mass is 10.1. The fraction of sp³-hybridized carbons (Fsp3) is 0.417. The maximum atomic E-state index is 10.8. The molecule has 0 aromatic heterocycles. The molecular weight excluding hydrogens is 218 g/mol. The van der Waals surface area contributed by atoms with E-state index in [1.54, 1.807) is 18.2 Å². The van der Waals surface area contributed by atoms with Crippen LogP contribution in [0, 0.1) is 0 Å². The van der Waals surface area contributed by atoms with Gasteiger partial charge in [0.1, 0.15) is 8.24 Å². The summed E-state index contributed by atoms with van der Waals surface area (Å²) >= 11 is 0. The van der Waals surface area contributed by atoms with E-state index < -0.39 is 14.2 Å². The van der Waals surface area contributed by atoms with Gasteiger partial charge in [-0.15, -0.1) is 0 Å². The molecule has 1 aromatic carbocycles. The van der Waals surface area contributed by atoms with Crippen LogP contribution >= 0.6 is 0 Å². The van der Waals surface area contributed by atoms with Gasteiger partial charge < -0.3 is 9.67 Å². The van der Waals surface area contributed by atoms with Crippen molar-refractivity contribution in [2.24, 2.45) is 0 Å². The third-order valence-electron chi connectivity index (χ3n) is 2.74. The van der Waals surface area contributed by atoms with E-state index in [-0.39, 0.29) is 0 Å². The molecule has 0 amide bonds. The molecule has 88 valence electrons. The van der Waals surface area contributed by atoms with Crippen LogP contribution in [0.15, 0.2) is 24.3 Å². The van der Waals surface area contributed by atoms with Crippen molar-refractivity contribution in [2.45, 2.75) is 26.2 Å². The molecular formula is C12H19NO2Si. The average Bonchev–Trinajstić information content (AvgIpc) is 2.16. The van der Waals surface area contributed by atoms with Crippen LogP contribution < -0.4 is 0 Å². The van der Waals surface area contributed by atoms with Crippen molar-refractivity contribution in [3.8, 4) is 0 Å². The first-order valence-corrected chi connectivity index (χ1v) is 8.79. The van der Waals surface area contributed by atoms with E-state index in [1.807, 2.05) is 6.07 Å². The number of rotatable bonds is 4. The highest BCUT2D eigenvalue weighted by Gasteiger charge is 2.19. The maximum absolute atomic E-state index is 10.8. The van der Waals surface area contributed by atoms with E-state index >= 15 is 0 Å². The summed E-state index contributed by atoms with van der Waals surface area (Å²) in [5, 5.41) is 8.90. The van der Waals surface area contributed by atoms with Crippen LogP contribution in [-0.4, -0.2) is 30.9 Å². The summed E-state index contributed by atoms with van der Waals surface area (Å²) in [5.74, 6) is -0.863. The Morgan fingerprint density at radius 3 is 2.50 bits per heavy atom. The number of carbonyl (C=O) groups is 1. The molecule has 1 N–H and O–H groups in total. The number of carboxylic acid groups (broad SMARTS) is 1. The highest BCUT2D eigenvalue weighted by Crippen LogP contribution is 2.13. The molecule has 0 aliphatic heterocycles. The van der Waals surface area contributed by atoms with Gasteiger partial charge in [0.25, 0.3) is 0 Å². The fourth-order valence-electron chi connectivity index (χ4n) is 1.31. The molecule has 0 radical (unpaired) electrons. The normalized spacial score (nSPS) is 11.8. The number of hydrogen-bond donors (Lipinski definition) is 1. The summed E-state index contributed by atoms with van der Waals surface area (Å²) in [7, 11) is 0.795. The minimum Gasteiger partial charge on any atom is -0.478 e. The van der Waals surface area contributed by atoms with Crippen LogP contribution in [0.5, 0.6) is 0 Å². The Morgan fingerprint density at radius 1 is 1.38 bits per heavy atom. The van der Waals surface area contributed by atoms with Crippen LogP contribution in [0.25, 0.3) is 0 Å². The Balaban J connectivity index is 2.82. The second-order valence-electron chi connectivity index (χ2n) is 5.03. The summed E-state index contributed by atoms with van der Waals surface area (Å²) < 4.78 is 2.33. The molecule has 1 rings (SSSR count). The van der Waals surface area contributed by atoms with Gasteiger partial charge in [-0.25, -0.2) is 4.79 Å². The Bertz CT molecular complexity index is 385. The van der Waals surface area contributed by atoms with Crippen LogP contribution in [0.3, 0.4) is 0 Å². The standard InChI is InChI=1S/C12H19NO2Si/c1-13(16(2,3)4)9-10-6-5-7-11(8-10)12(14)15/h5-8H,9H2,1-4H3,(H,14,15). The van der Waals surface area contributed by atoms with Crippen LogP contribution in [-0.2, 0) is 6.54 Å². The van der Waals surface area contributed by atoms with Crippen molar-refractivity contribution in [3.05, 3.63) is 35.4 Å². The first-order chi connectivity index (χ1) is 7.30. The molecule has 1 aromatic rings. The average molecular weight is 237 g/mol. The van der Waals surface area contributed by atoms with Crippen LogP contribution in [0.1, 0.15) is 15.9 Å². The molecule has 16 heavy (non-hydrogen) atoms. The zero-order chi connectivity index (χ0) is 12.3. The number of hydrogen-bond acceptors (Lipinski definition) is 2. The molecule has 0 spiro atoms. The molecule has 0 saturated heterocycles.